The fourth-order valence-corrected chi connectivity index (χ4v) is 3.40. The van der Waals surface area contributed by atoms with Crippen molar-refractivity contribution in [2.75, 3.05) is 45.3 Å². The van der Waals surface area contributed by atoms with Gasteiger partial charge < -0.3 is 19.9 Å². The van der Waals surface area contributed by atoms with Crippen LogP contribution >= 0.6 is 11.8 Å². The molecule has 2 unspecified atom stereocenters. The summed E-state index contributed by atoms with van der Waals surface area (Å²) in [6.07, 6.45) is 5.86. The molecule has 1 rings (SSSR count). The van der Waals surface area contributed by atoms with Crippen molar-refractivity contribution in [2.24, 2.45) is 0 Å². The van der Waals surface area contributed by atoms with Crippen molar-refractivity contribution in [2.45, 2.75) is 50.4 Å². The van der Waals surface area contributed by atoms with Crippen LogP contribution in [0.4, 0.5) is 0 Å². The maximum atomic E-state index is 9.78. The zero-order chi connectivity index (χ0) is 14.5. The second-order valence-corrected chi connectivity index (χ2v) is 6.75. The molecular weight excluding hydrogens is 274 g/mol. The van der Waals surface area contributed by atoms with Gasteiger partial charge in [-0.15, -0.1) is 0 Å². The van der Waals surface area contributed by atoms with Crippen molar-refractivity contribution in [3.8, 4) is 0 Å². The Balaban J connectivity index is 1.83. The van der Waals surface area contributed by atoms with Gasteiger partial charge in [-0.25, -0.2) is 0 Å². The molecule has 0 aliphatic carbocycles. The summed E-state index contributed by atoms with van der Waals surface area (Å²) >= 11 is 2.05. The summed E-state index contributed by atoms with van der Waals surface area (Å²) in [4.78, 5) is 0. The highest BCUT2D eigenvalue weighted by Gasteiger charge is 2.13. The molecule has 0 aromatic heterocycles. The lowest BCUT2D eigenvalue weighted by atomic mass is 10.2. The second kappa shape index (κ2) is 12.9. The molecule has 1 heterocycles. The van der Waals surface area contributed by atoms with Crippen LogP contribution in [0.25, 0.3) is 0 Å². The van der Waals surface area contributed by atoms with E-state index in [0.29, 0.717) is 26.4 Å². The Morgan fingerprint density at radius 1 is 1.25 bits per heavy atom. The van der Waals surface area contributed by atoms with E-state index in [9.17, 15) is 5.11 Å². The summed E-state index contributed by atoms with van der Waals surface area (Å²) in [5.74, 6) is 1.29. The molecule has 2 N–H and O–H groups in total. The molecule has 0 spiro atoms. The first-order valence-corrected chi connectivity index (χ1v) is 9.03. The first-order valence-electron chi connectivity index (χ1n) is 7.98. The third-order valence-electron chi connectivity index (χ3n) is 3.35. The number of aliphatic hydroxyl groups excluding tert-OH is 1. The van der Waals surface area contributed by atoms with Gasteiger partial charge in [0.1, 0.15) is 0 Å². The summed E-state index contributed by atoms with van der Waals surface area (Å²) in [7, 11) is 0. The van der Waals surface area contributed by atoms with Crippen LogP contribution in [0.1, 0.15) is 39.0 Å². The zero-order valence-corrected chi connectivity index (χ0v) is 13.6. The summed E-state index contributed by atoms with van der Waals surface area (Å²) in [6, 6.07) is 0. The van der Waals surface area contributed by atoms with Crippen LogP contribution in [0.15, 0.2) is 0 Å². The van der Waals surface area contributed by atoms with Gasteiger partial charge in [0.05, 0.1) is 25.9 Å². The Labute approximate surface area is 128 Å². The van der Waals surface area contributed by atoms with Crippen LogP contribution < -0.4 is 5.32 Å². The Kier molecular flexibility index (Phi) is 11.8. The van der Waals surface area contributed by atoms with Crippen molar-refractivity contribution in [3.63, 3.8) is 0 Å². The number of thioether (sulfide) groups is 1. The number of hydrogen-bond donors (Lipinski definition) is 2. The van der Waals surface area contributed by atoms with Gasteiger partial charge in [-0.1, -0.05) is 19.8 Å². The molecule has 1 saturated heterocycles. The molecule has 0 amide bonds. The molecule has 0 aromatic rings. The zero-order valence-electron chi connectivity index (χ0n) is 12.8. The molecule has 1 aliphatic rings. The number of ether oxygens (including phenoxy) is 2. The molecule has 5 heteroatoms. The van der Waals surface area contributed by atoms with E-state index in [1.165, 1.54) is 25.0 Å². The molecule has 0 aromatic carbocycles. The molecule has 1 fully saturated rings. The summed E-state index contributed by atoms with van der Waals surface area (Å²) in [6.45, 7) is 6.16. The van der Waals surface area contributed by atoms with Crippen LogP contribution in [-0.2, 0) is 9.47 Å². The molecular formula is C15H31NO3S. The minimum absolute atomic E-state index is 0.391. The monoisotopic (exact) mass is 305 g/mol. The maximum absolute atomic E-state index is 9.78. The van der Waals surface area contributed by atoms with Crippen LogP contribution in [0.5, 0.6) is 0 Å². The lowest BCUT2D eigenvalue weighted by Gasteiger charge is -2.22. The van der Waals surface area contributed by atoms with E-state index in [1.807, 2.05) is 0 Å². The van der Waals surface area contributed by atoms with E-state index in [-0.39, 0.29) is 0 Å². The summed E-state index contributed by atoms with van der Waals surface area (Å²) in [5.41, 5.74) is 0. The lowest BCUT2D eigenvalue weighted by Crippen LogP contribution is -2.35. The Hall–Kier alpha value is 0.190. The quantitative estimate of drug-likeness (QED) is 0.541. The van der Waals surface area contributed by atoms with Crippen molar-refractivity contribution in [1.29, 1.82) is 0 Å². The molecule has 1 aliphatic heterocycles. The number of nitrogens with one attached hydrogen (secondary N) is 1. The molecule has 2 atom stereocenters. The van der Waals surface area contributed by atoms with Gasteiger partial charge in [0.2, 0.25) is 0 Å². The average Bonchev–Trinajstić information content (AvgIpc) is 2.47. The molecule has 120 valence electrons. The van der Waals surface area contributed by atoms with Crippen molar-refractivity contribution < 1.29 is 14.6 Å². The first kappa shape index (κ1) is 18.2. The van der Waals surface area contributed by atoms with Crippen molar-refractivity contribution in [3.05, 3.63) is 0 Å². The number of rotatable bonds is 12. The Morgan fingerprint density at radius 2 is 2.10 bits per heavy atom. The predicted octanol–water partition coefficient (Wildman–Crippen LogP) is 2.06. The average molecular weight is 305 g/mol. The van der Waals surface area contributed by atoms with E-state index >= 15 is 0 Å². The lowest BCUT2D eigenvalue weighted by molar-refractivity contribution is 0.00399. The van der Waals surface area contributed by atoms with Crippen molar-refractivity contribution in [1.82, 2.24) is 5.32 Å². The van der Waals surface area contributed by atoms with Gasteiger partial charge in [-0.2, -0.15) is 11.8 Å². The molecule has 20 heavy (non-hydrogen) atoms. The van der Waals surface area contributed by atoms with Gasteiger partial charge in [0.25, 0.3) is 0 Å². The Morgan fingerprint density at radius 3 is 2.85 bits per heavy atom. The number of aliphatic hydroxyl groups is 1. The van der Waals surface area contributed by atoms with Crippen molar-refractivity contribution >= 4 is 11.8 Å². The minimum atomic E-state index is -0.417. The minimum Gasteiger partial charge on any atom is -0.389 e. The topological polar surface area (TPSA) is 50.7 Å². The first-order chi connectivity index (χ1) is 9.83. The summed E-state index contributed by atoms with van der Waals surface area (Å²) < 4.78 is 10.8. The fourth-order valence-electron chi connectivity index (χ4n) is 2.12. The third-order valence-corrected chi connectivity index (χ3v) is 4.75. The van der Waals surface area contributed by atoms with Gasteiger partial charge in [-0.3, -0.25) is 0 Å². The fraction of sp³-hybridized carbons (Fsp3) is 1.00. The van der Waals surface area contributed by atoms with E-state index in [0.717, 1.165) is 31.2 Å². The van der Waals surface area contributed by atoms with Gasteiger partial charge in [0, 0.05) is 24.9 Å². The van der Waals surface area contributed by atoms with E-state index in [4.69, 9.17) is 9.47 Å². The molecule has 0 bridgehead atoms. The SMILES string of the molecule is CCCCOCCOCC(O)CNCC1CCCCS1. The van der Waals surface area contributed by atoms with Gasteiger partial charge in [0.15, 0.2) is 0 Å². The van der Waals surface area contributed by atoms with Crippen LogP contribution in [0.2, 0.25) is 0 Å². The molecule has 4 nitrogen and oxygen atoms in total. The van der Waals surface area contributed by atoms with Crippen LogP contribution in [0.3, 0.4) is 0 Å². The van der Waals surface area contributed by atoms with Gasteiger partial charge >= 0.3 is 0 Å². The standard InChI is InChI=1S/C15H31NO3S/c1-2-3-7-18-8-9-19-13-14(17)11-16-12-15-6-4-5-10-20-15/h14-17H,2-13H2,1H3. The smallest absolute Gasteiger partial charge is 0.0897 e. The Bertz CT molecular complexity index is 213. The highest BCUT2D eigenvalue weighted by Crippen LogP contribution is 2.24. The highest BCUT2D eigenvalue weighted by molar-refractivity contribution is 7.99. The van der Waals surface area contributed by atoms with E-state index in [1.54, 1.807) is 0 Å². The normalized spacial score (nSPS) is 21.0. The van der Waals surface area contributed by atoms with E-state index < -0.39 is 6.10 Å². The van der Waals surface area contributed by atoms with E-state index in [2.05, 4.69) is 24.0 Å². The maximum Gasteiger partial charge on any atom is 0.0897 e. The largest absolute Gasteiger partial charge is 0.389 e. The number of unbranched alkanes of at least 4 members (excludes halogenated alkanes) is 1. The third kappa shape index (κ3) is 10.00. The van der Waals surface area contributed by atoms with Crippen LogP contribution in [0, 0.1) is 0 Å². The number of hydrogen-bond acceptors (Lipinski definition) is 5. The van der Waals surface area contributed by atoms with Gasteiger partial charge in [-0.05, 0) is 25.0 Å². The highest BCUT2D eigenvalue weighted by atomic mass is 32.2. The predicted molar refractivity (Wildman–Crippen MR) is 85.5 cm³/mol. The van der Waals surface area contributed by atoms with Crippen LogP contribution in [-0.4, -0.2) is 61.7 Å². The molecule has 0 saturated carbocycles. The molecule has 0 radical (unpaired) electrons. The summed E-state index contributed by atoms with van der Waals surface area (Å²) in [5, 5.41) is 13.9. The second-order valence-electron chi connectivity index (χ2n) is 5.34.